The van der Waals surface area contributed by atoms with Crippen molar-refractivity contribution >= 4 is 17.6 Å². The second-order valence-corrected chi connectivity index (χ2v) is 5.98. The normalized spacial score (nSPS) is 11.4. The Balaban J connectivity index is 2.02. The molecule has 1 aromatic carbocycles. The lowest BCUT2D eigenvalue weighted by atomic mass is 10.2. The van der Waals surface area contributed by atoms with Crippen molar-refractivity contribution in [2.24, 2.45) is 0 Å². The van der Waals surface area contributed by atoms with Crippen LogP contribution in [0.25, 0.3) is 5.82 Å². The summed E-state index contributed by atoms with van der Waals surface area (Å²) in [7, 11) is 1.34. The molecule has 0 N–H and O–H groups in total. The number of methoxy groups -OCH3 is 1. The second-order valence-electron chi connectivity index (χ2n) is 5.57. The molecule has 0 bridgehead atoms. The molecular formula is C17H12ClF3N4O3. The number of benzene rings is 1. The summed E-state index contributed by atoms with van der Waals surface area (Å²) in [5.41, 5.74) is -1.42. The van der Waals surface area contributed by atoms with Crippen LogP contribution < -0.4 is 9.47 Å². The second kappa shape index (κ2) is 7.47. The molecule has 146 valence electrons. The molecule has 0 aliphatic rings. The van der Waals surface area contributed by atoms with Gasteiger partial charge in [0.05, 0.1) is 18.3 Å². The van der Waals surface area contributed by atoms with Crippen molar-refractivity contribution in [2.45, 2.75) is 13.1 Å². The number of aromatic nitrogens is 4. The molecule has 0 unspecified atom stereocenters. The Kier molecular flexibility index (Phi) is 5.23. The Bertz CT molecular complexity index is 1020. The van der Waals surface area contributed by atoms with E-state index in [4.69, 9.17) is 21.1 Å². The minimum atomic E-state index is -4.91. The molecule has 0 saturated heterocycles. The third-order valence-electron chi connectivity index (χ3n) is 3.60. The topological polar surface area (TPSA) is 79.1 Å². The fourth-order valence-corrected chi connectivity index (χ4v) is 2.48. The number of carbonyl (C=O) groups is 1. The minimum Gasteiger partial charge on any atom is -0.480 e. The van der Waals surface area contributed by atoms with Crippen LogP contribution in [0.4, 0.5) is 13.2 Å². The number of nitrogens with zero attached hydrogens (tertiary/aromatic N) is 4. The first-order valence-corrected chi connectivity index (χ1v) is 8.10. The number of halogens is 4. The summed E-state index contributed by atoms with van der Waals surface area (Å²) in [5, 5.41) is 10.9. The van der Waals surface area contributed by atoms with Crippen molar-refractivity contribution in [1.29, 1.82) is 0 Å². The zero-order valence-electron chi connectivity index (χ0n) is 14.5. The quantitative estimate of drug-likeness (QED) is 0.478. The van der Waals surface area contributed by atoms with Crippen LogP contribution in [0.3, 0.4) is 0 Å². The van der Waals surface area contributed by atoms with E-state index in [2.05, 4.69) is 15.3 Å². The van der Waals surface area contributed by atoms with E-state index in [1.807, 2.05) is 0 Å². The van der Waals surface area contributed by atoms with Crippen LogP contribution in [-0.4, -0.2) is 33.1 Å². The highest BCUT2D eigenvalue weighted by Gasteiger charge is 2.41. The molecular weight excluding hydrogens is 401 g/mol. The molecule has 0 radical (unpaired) electrons. The summed E-state index contributed by atoms with van der Waals surface area (Å²) in [5.74, 6) is -1.46. The summed E-state index contributed by atoms with van der Waals surface area (Å²) in [6, 6.07) is 7.11. The summed E-state index contributed by atoms with van der Waals surface area (Å²) in [4.78, 5) is 12.4. The van der Waals surface area contributed by atoms with Gasteiger partial charge in [0.25, 0.3) is 0 Å². The molecule has 2 aromatic heterocycles. The molecule has 28 heavy (non-hydrogen) atoms. The lowest BCUT2D eigenvalue weighted by Gasteiger charge is -2.12. The van der Waals surface area contributed by atoms with Crippen LogP contribution in [0.5, 0.6) is 11.6 Å². The van der Waals surface area contributed by atoms with E-state index in [-0.39, 0.29) is 22.5 Å². The zero-order chi connectivity index (χ0) is 20.5. The molecule has 7 nitrogen and oxygen atoms in total. The SMILES string of the molecule is COc1ccc(-n2ncc(C(=O)Oc3cc(C)ccc3Cl)c2C(F)(F)F)nn1. The predicted octanol–water partition coefficient (Wildman–Crippen LogP) is 3.87. The molecule has 0 fully saturated rings. The predicted molar refractivity (Wildman–Crippen MR) is 91.9 cm³/mol. The minimum absolute atomic E-state index is 0.0585. The van der Waals surface area contributed by atoms with Crippen molar-refractivity contribution in [2.75, 3.05) is 7.11 Å². The third-order valence-corrected chi connectivity index (χ3v) is 3.91. The van der Waals surface area contributed by atoms with Crippen molar-refractivity contribution in [3.8, 4) is 17.4 Å². The van der Waals surface area contributed by atoms with E-state index in [1.165, 1.54) is 31.4 Å². The number of esters is 1. The van der Waals surface area contributed by atoms with Crippen molar-refractivity contribution in [1.82, 2.24) is 20.0 Å². The van der Waals surface area contributed by atoms with Gasteiger partial charge in [-0.3, -0.25) is 0 Å². The van der Waals surface area contributed by atoms with Crippen LogP contribution in [-0.2, 0) is 6.18 Å². The Labute approximate surface area is 161 Å². The lowest BCUT2D eigenvalue weighted by molar-refractivity contribution is -0.143. The van der Waals surface area contributed by atoms with E-state index in [9.17, 15) is 18.0 Å². The summed E-state index contributed by atoms with van der Waals surface area (Å²) < 4.78 is 51.3. The first-order valence-electron chi connectivity index (χ1n) is 7.72. The molecule has 0 atom stereocenters. The van der Waals surface area contributed by atoms with Gasteiger partial charge >= 0.3 is 12.1 Å². The average Bonchev–Trinajstić information content (AvgIpc) is 3.10. The zero-order valence-corrected chi connectivity index (χ0v) is 15.2. The first-order chi connectivity index (χ1) is 13.2. The molecule has 0 aliphatic carbocycles. The maximum absolute atomic E-state index is 13.6. The third kappa shape index (κ3) is 3.91. The summed E-state index contributed by atoms with van der Waals surface area (Å²) in [6.45, 7) is 1.72. The number of hydrogen-bond acceptors (Lipinski definition) is 6. The molecule has 0 amide bonds. The fourth-order valence-electron chi connectivity index (χ4n) is 2.32. The van der Waals surface area contributed by atoms with Gasteiger partial charge in [-0.15, -0.1) is 10.2 Å². The van der Waals surface area contributed by atoms with Gasteiger partial charge in [-0.1, -0.05) is 17.7 Å². The number of rotatable bonds is 4. The molecule has 0 saturated carbocycles. The maximum Gasteiger partial charge on any atom is 0.434 e. The summed E-state index contributed by atoms with van der Waals surface area (Å²) >= 11 is 5.94. The Morgan fingerprint density at radius 3 is 2.54 bits per heavy atom. The Morgan fingerprint density at radius 1 is 1.18 bits per heavy atom. The smallest absolute Gasteiger partial charge is 0.434 e. The van der Waals surface area contributed by atoms with Crippen molar-refractivity contribution in [3.63, 3.8) is 0 Å². The van der Waals surface area contributed by atoms with Crippen LogP contribution in [0.1, 0.15) is 21.6 Å². The van der Waals surface area contributed by atoms with E-state index >= 15 is 0 Å². The molecule has 0 aliphatic heterocycles. The number of aryl methyl sites for hydroxylation is 1. The largest absolute Gasteiger partial charge is 0.480 e. The molecule has 3 rings (SSSR count). The highest BCUT2D eigenvalue weighted by atomic mass is 35.5. The van der Waals surface area contributed by atoms with E-state index < -0.39 is 23.4 Å². The van der Waals surface area contributed by atoms with E-state index in [1.54, 1.807) is 13.0 Å². The summed E-state index contributed by atoms with van der Waals surface area (Å²) in [6.07, 6.45) is -4.16. The van der Waals surface area contributed by atoms with Gasteiger partial charge in [0.1, 0.15) is 11.3 Å². The van der Waals surface area contributed by atoms with Crippen molar-refractivity contribution < 1.29 is 27.4 Å². The number of hydrogen-bond donors (Lipinski definition) is 0. The first kappa shape index (κ1) is 19.6. The Hall–Kier alpha value is -3.14. The van der Waals surface area contributed by atoms with E-state index in [0.717, 1.165) is 6.20 Å². The number of alkyl halides is 3. The molecule has 2 heterocycles. The van der Waals surface area contributed by atoms with Crippen LogP contribution in [0, 0.1) is 6.92 Å². The Morgan fingerprint density at radius 2 is 1.93 bits per heavy atom. The van der Waals surface area contributed by atoms with Gasteiger partial charge in [-0.2, -0.15) is 18.3 Å². The van der Waals surface area contributed by atoms with Crippen LogP contribution >= 0.6 is 11.6 Å². The molecule has 0 spiro atoms. The maximum atomic E-state index is 13.6. The number of carbonyl (C=O) groups excluding carboxylic acids is 1. The van der Waals surface area contributed by atoms with Gasteiger partial charge in [0.15, 0.2) is 11.5 Å². The van der Waals surface area contributed by atoms with Crippen molar-refractivity contribution in [3.05, 3.63) is 58.4 Å². The van der Waals surface area contributed by atoms with Gasteiger partial charge in [-0.25, -0.2) is 9.48 Å². The molecule has 3 aromatic rings. The standard InChI is InChI=1S/C17H12ClF3N4O3/c1-9-3-4-11(18)12(7-9)28-16(26)10-8-22-25(15(10)17(19,20)21)13-5-6-14(27-2)24-23-13/h3-8H,1-2H3. The van der Waals surface area contributed by atoms with Gasteiger partial charge in [-0.05, 0) is 30.7 Å². The van der Waals surface area contributed by atoms with Gasteiger partial charge in [0.2, 0.25) is 5.88 Å². The van der Waals surface area contributed by atoms with E-state index in [0.29, 0.717) is 10.2 Å². The average molecular weight is 413 g/mol. The monoisotopic (exact) mass is 412 g/mol. The number of ether oxygens (including phenoxy) is 2. The van der Waals surface area contributed by atoms with Crippen LogP contribution in [0.15, 0.2) is 36.5 Å². The van der Waals surface area contributed by atoms with Gasteiger partial charge in [0, 0.05) is 6.07 Å². The fraction of sp³-hybridized carbons (Fsp3) is 0.176. The van der Waals surface area contributed by atoms with Gasteiger partial charge < -0.3 is 9.47 Å². The van der Waals surface area contributed by atoms with Crippen LogP contribution in [0.2, 0.25) is 5.02 Å². The lowest BCUT2D eigenvalue weighted by Crippen LogP contribution is -2.20. The highest BCUT2D eigenvalue weighted by molar-refractivity contribution is 6.32. The highest BCUT2D eigenvalue weighted by Crippen LogP contribution is 2.34. The molecule has 11 heteroatoms.